The molecular weight excluding hydrogens is 304 g/mol. The van der Waals surface area contributed by atoms with Gasteiger partial charge in [0.2, 0.25) is 0 Å². The van der Waals surface area contributed by atoms with E-state index in [1.807, 2.05) is 6.07 Å². The lowest BCUT2D eigenvalue weighted by Gasteiger charge is -2.18. The zero-order valence-electron chi connectivity index (χ0n) is 14.8. The molecule has 1 atom stereocenters. The first-order valence-electron chi connectivity index (χ1n) is 8.96. The molecular formula is C19H30N2O3. The van der Waals surface area contributed by atoms with Crippen LogP contribution in [0.5, 0.6) is 0 Å². The van der Waals surface area contributed by atoms with E-state index < -0.39 is 6.04 Å². The molecule has 0 spiro atoms. The van der Waals surface area contributed by atoms with Gasteiger partial charge in [0.25, 0.3) is 5.91 Å². The predicted octanol–water partition coefficient (Wildman–Crippen LogP) is 3.60. The van der Waals surface area contributed by atoms with Gasteiger partial charge in [0.1, 0.15) is 6.04 Å². The van der Waals surface area contributed by atoms with Crippen LogP contribution in [0.2, 0.25) is 0 Å². The Morgan fingerprint density at radius 2 is 1.67 bits per heavy atom. The lowest BCUT2D eigenvalue weighted by atomic mass is 10.1. The zero-order chi connectivity index (χ0) is 17.6. The molecule has 0 radical (unpaired) electrons. The van der Waals surface area contributed by atoms with Crippen molar-refractivity contribution in [2.45, 2.75) is 64.8 Å². The van der Waals surface area contributed by atoms with E-state index in [0.717, 1.165) is 12.8 Å². The molecule has 1 aromatic carbocycles. The summed E-state index contributed by atoms with van der Waals surface area (Å²) in [4.78, 5) is 24.1. The van der Waals surface area contributed by atoms with E-state index in [2.05, 4.69) is 17.8 Å². The summed E-state index contributed by atoms with van der Waals surface area (Å²) >= 11 is 0. The number of esters is 1. The fourth-order valence-corrected chi connectivity index (χ4v) is 2.43. The van der Waals surface area contributed by atoms with Crippen LogP contribution in [-0.4, -0.2) is 24.5 Å². The Kier molecular flexibility index (Phi) is 10.5. The monoisotopic (exact) mass is 334 g/mol. The standard InChI is InChI=1S/C19H30N2O3/c1-3-5-6-7-8-12-15-17(19(23)24-4-2)20-21-18(22)16-13-10-9-11-14-16/h9-11,13-14,17,20H,3-8,12,15H2,1-2H3,(H,21,22)/t17-/m1/s1. The van der Waals surface area contributed by atoms with Gasteiger partial charge in [0.15, 0.2) is 0 Å². The average molecular weight is 334 g/mol. The molecule has 0 saturated carbocycles. The second-order valence-electron chi connectivity index (χ2n) is 5.83. The van der Waals surface area contributed by atoms with Gasteiger partial charge in [0.05, 0.1) is 6.61 Å². The van der Waals surface area contributed by atoms with Gasteiger partial charge in [-0.25, -0.2) is 5.43 Å². The summed E-state index contributed by atoms with van der Waals surface area (Å²) < 4.78 is 5.08. The van der Waals surface area contributed by atoms with Gasteiger partial charge in [-0.15, -0.1) is 0 Å². The van der Waals surface area contributed by atoms with Crippen LogP contribution in [-0.2, 0) is 9.53 Å². The van der Waals surface area contributed by atoms with E-state index in [9.17, 15) is 9.59 Å². The molecule has 5 heteroatoms. The topological polar surface area (TPSA) is 67.4 Å². The summed E-state index contributed by atoms with van der Waals surface area (Å²) in [6, 6.07) is 8.39. The molecule has 2 N–H and O–H groups in total. The van der Waals surface area contributed by atoms with Gasteiger partial charge < -0.3 is 4.74 Å². The number of carbonyl (C=O) groups excluding carboxylic acids is 2. The highest BCUT2D eigenvalue weighted by Gasteiger charge is 2.20. The Balaban J connectivity index is 2.41. The number of hydrogen-bond acceptors (Lipinski definition) is 4. The molecule has 0 heterocycles. The van der Waals surface area contributed by atoms with E-state index in [1.54, 1.807) is 31.2 Å². The maximum atomic E-state index is 12.1. The molecule has 24 heavy (non-hydrogen) atoms. The SMILES string of the molecule is CCCCCCCC[C@@H](NNC(=O)c1ccccc1)C(=O)OCC. The normalized spacial score (nSPS) is 11.8. The van der Waals surface area contributed by atoms with Crippen molar-refractivity contribution in [3.8, 4) is 0 Å². The van der Waals surface area contributed by atoms with Crippen LogP contribution in [0, 0.1) is 0 Å². The fraction of sp³-hybridized carbons (Fsp3) is 0.579. The number of benzene rings is 1. The Bertz CT molecular complexity index is 477. The van der Waals surface area contributed by atoms with Crippen molar-refractivity contribution in [3.63, 3.8) is 0 Å². The highest BCUT2D eigenvalue weighted by molar-refractivity contribution is 5.94. The number of nitrogens with one attached hydrogen (secondary N) is 2. The van der Waals surface area contributed by atoms with Crippen molar-refractivity contribution in [3.05, 3.63) is 35.9 Å². The molecule has 0 bridgehead atoms. The van der Waals surface area contributed by atoms with Gasteiger partial charge in [-0.3, -0.25) is 15.0 Å². The van der Waals surface area contributed by atoms with Crippen molar-refractivity contribution in [1.29, 1.82) is 0 Å². The molecule has 134 valence electrons. The second-order valence-corrected chi connectivity index (χ2v) is 5.83. The molecule has 0 aliphatic rings. The number of unbranched alkanes of at least 4 members (excludes halogenated alkanes) is 5. The summed E-state index contributed by atoms with van der Waals surface area (Å²) in [6.45, 7) is 4.30. The number of amides is 1. The minimum Gasteiger partial charge on any atom is -0.465 e. The number of hydrogen-bond donors (Lipinski definition) is 2. The summed E-state index contributed by atoms with van der Waals surface area (Å²) in [5, 5.41) is 0. The van der Waals surface area contributed by atoms with Crippen LogP contribution in [0.25, 0.3) is 0 Å². The van der Waals surface area contributed by atoms with Crippen LogP contribution in [0.3, 0.4) is 0 Å². The van der Waals surface area contributed by atoms with Crippen molar-refractivity contribution < 1.29 is 14.3 Å². The molecule has 0 aliphatic carbocycles. The summed E-state index contributed by atoms with van der Waals surface area (Å²) in [5.74, 6) is -0.577. The summed E-state index contributed by atoms with van der Waals surface area (Å²) in [7, 11) is 0. The summed E-state index contributed by atoms with van der Waals surface area (Å²) in [5.41, 5.74) is 5.99. The van der Waals surface area contributed by atoms with Crippen molar-refractivity contribution in [2.75, 3.05) is 6.61 Å². The average Bonchev–Trinajstić information content (AvgIpc) is 2.61. The predicted molar refractivity (Wildman–Crippen MR) is 95.5 cm³/mol. The Morgan fingerprint density at radius 3 is 2.33 bits per heavy atom. The van der Waals surface area contributed by atoms with Crippen LogP contribution in [0.1, 0.15) is 69.2 Å². The lowest BCUT2D eigenvalue weighted by molar-refractivity contribution is -0.146. The van der Waals surface area contributed by atoms with E-state index in [4.69, 9.17) is 4.74 Å². The molecule has 0 unspecified atom stereocenters. The van der Waals surface area contributed by atoms with Crippen LogP contribution < -0.4 is 10.9 Å². The third kappa shape index (κ3) is 8.11. The van der Waals surface area contributed by atoms with Gasteiger partial charge in [-0.05, 0) is 25.5 Å². The van der Waals surface area contributed by atoms with Gasteiger partial charge in [0, 0.05) is 5.56 Å². The fourth-order valence-electron chi connectivity index (χ4n) is 2.43. The Hall–Kier alpha value is -1.88. The first kappa shape index (κ1) is 20.2. The quantitative estimate of drug-likeness (QED) is 0.348. The second kappa shape index (κ2) is 12.5. The molecule has 0 aliphatic heterocycles. The molecule has 0 saturated heterocycles. The molecule has 1 rings (SSSR count). The molecule has 1 aromatic rings. The van der Waals surface area contributed by atoms with Gasteiger partial charge in [-0.2, -0.15) is 0 Å². The Labute approximate surface area is 145 Å². The van der Waals surface area contributed by atoms with E-state index in [-0.39, 0.29) is 11.9 Å². The first-order chi connectivity index (χ1) is 11.7. The van der Waals surface area contributed by atoms with Crippen molar-refractivity contribution in [1.82, 2.24) is 10.9 Å². The molecule has 0 fully saturated rings. The van der Waals surface area contributed by atoms with E-state index in [1.165, 1.54) is 25.7 Å². The third-order valence-electron chi connectivity index (χ3n) is 3.81. The summed E-state index contributed by atoms with van der Waals surface area (Å²) in [6.07, 6.45) is 7.56. The van der Waals surface area contributed by atoms with E-state index >= 15 is 0 Å². The maximum absolute atomic E-state index is 12.1. The first-order valence-corrected chi connectivity index (χ1v) is 8.96. The third-order valence-corrected chi connectivity index (χ3v) is 3.81. The largest absolute Gasteiger partial charge is 0.465 e. The van der Waals surface area contributed by atoms with Crippen LogP contribution >= 0.6 is 0 Å². The highest BCUT2D eigenvalue weighted by atomic mass is 16.5. The molecule has 0 aromatic heterocycles. The number of ether oxygens (including phenoxy) is 1. The maximum Gasteiger partial charge on any atom is 0.324 e. The van der Waals surface area contributed by atoms with Crippen molar-refractivity contribution in [2.24, 2.45) is 0 Å². The minimum absolute atomic E-state index is 0.257. The number of hydrazine groups is 1. The number of carbonyl (C=O) groups is 2. The van der Waals surface area contributed by atoms with E-state index in [0.29, 0.717) is 18.6 Å². The molecule has 1 amide bonds. The lowest BCUT2D eigenvalue weighted by Crippen LogP contribution is -2.48. The van der Waals surface area contributed by atoms with Crippen molar-refractivity contribution >= 4 is 11.9 Å². The Morgan fingerprint density at radius 1 is 1.00 bits per heavy atom. The molecule has 5 nitrogen and oxygen atoms in total. The smallest absolute Gasteiger partial charge is 0.324 e. The number of rotatable bonds is 12. The van der Waals surface area contributed by atoms with Gasteiger partial charge >= 0.3 is 5.97 Å². The van der Waals surface area contributed by atoms with Gasteiger partial charge in [-0.1, -0.05) is 63.6 Å². The highest BCUT2D eigenvalue weighted by Crippen LogP contribution is 2.09. The van der Waals surface area contributed by atoms with Crippen LogP contribution in [0.4, 0.5) is 0 Å². The van der Waals surface area contributed by atoms with Crippen LogP contribution in [0.15, 0.2) is 30.3 Å². The minimum atomic E-state index is -0.510. The zero-order valence-corrected chi connectivity index (χ0v) is 14.8.